The molecule has 21 heavy (non-hydrogen) atoms. The zero-order valence-electron chi connectivity index (χ0n) is 12.8. The highest BCUT2D eigenvalue weighted by molar-refractivity contribution is 5.94. The summed E-state index contributed by atoms with van der Waals surface area (Å²) in [4.78, 5) is 16.4. The summed E-state index contributed by atoms with van der Waals surface area (Å²) in [5, 5.41) is 3.30. The summed E-state index contributed by atoms with van der Waals surface area (Å²) in [6, 6.07) is 8.26. The third-order valence-electron chi connectivity index (χ3n) is 3.58. The number of carbonyl (C=O) groups is 1. The fourth-order valence-corrected chi connectivity index (χ4v) is 2.51. The lowest BCUT2D eigenvalue weighted by molar-refractivity contribution is 0.0743. The minimum atomic E-state index is 0. The van der Waals surface area contributed by atoms with Gasteiger partial charge in [0, 0.05) is 31.7 Å². The molecule has 1 aromatic carbocycles. The van der Waals surface area contributed by atoms with E-state index >= 15 is 0 Å². The molecule has 1 fully saturated rings. The number of amides is 1. The van der Waals surface area contributed by atoms with Crippen LogP contribution in [0.1, 0.15) is 22.3 Å². The van der Waals surface area contributed by atoms with Gasteiger partial charge in [0.25, 0.3) is 5.91 Å². The predicted molar refractivity (Wildman–Crippen MR) is 91.7 cm³/mol. The first-order valence-corrected chi connectivity index (χ1v) is 6.79. The summed E-state index contributed by atoms with van der Waals surface area (Å²) in [7, 11) is 5.97. The third kappa shape index (κ3) is 5.47. The van der Waals surface area contributed by atoms with Gasteiger partial charge in [-0.3, -0.25) is 4.79 Å². The molecule has 2 rings (SSSR count). The summed E-state index contributed by atoms with van der Waals surface area (Å²) >= 11 is 0. The number of hydrogen-bond donors (Lipinski definition) is 1. The van der Waals surface area contributed by atoms with Crippen LogP contribution in [0, 0.1) is 0 Å². The van der Waals surface area contributed by atoms with Gasteiger partial charge in [0.2, 0.25) is 0 Å². The number of nitrogens with zero attached hydrogens (tertiary/aromatic N) is 2. The highest BCUT2D eigenvalue weighted by Gasteiger charge is 2.23. The molecular weight excluding hydrogens is 309 g/mol. The van der Waals surface area contributed by atoms with Gasteiger partial charge in [0.1, 0.15) is 0 Å². The summed E-state index contributed by atoms with van der Waals surface area (Å²) in [5.41, 5.74) is 1.96. The maximum atomic E-state index is 12.5. The molecule has 1 atom stereocenters. The Morgan fingerprint density at radius 1 is 1.29 bits per heavy atom. The van der Waals surface area contributed by atoms with Crippen molar-refractivity contribution in [1.82, 2.24) is 15.1 Å². The Morgan fingerprint density at radius 3 is 2.57 bits per heavy atom. The zero-order chi connectivity index (χ0) is 13.8. The molecule has 0 radical (unpaired) electrons. The van der Waals surface area contributed by atoms with Crippen molar-refractivity contribution >= 4 is 30.7 Å². The van der Waals surface area contributed by atoms with Crippen molar-refractivity contribution in [1.29, 1.82) is 0 Å². The van der Waals surface area contributed by atoms with Crippen molar-refractivity contribution in [3.8, 4) is 0 Å². The van der Waals surface area contributed by atoms with Crippen LogP contribution >= 0.6 is 24.8 Å². The number of carbonyl (C=O) groups excluding carboxylic acids is 1. The summed E-state index contributed by atoms with van der Waals surface area (Å²) in [5.74, 6) is 0.120. The Hall–Kier alpha value is -0.810. The first-order valence-electron chi connectivity index (χ1n) is 6.79. The Kier molecular flexibility index (Phi) is 8.90. The Labute approximate surface area is 139 Å². The molecule has 1 aliphatic heterocycles. The van der Waals surface area contributed by atoms with E-state index < -0.39 is 0 Å². The van der Waals surface area contributed by atoms with Crippen molar-refractivity contribution in [3.63, 3.8) is 0 Å². The summed E-state index contributed by atoms with van der Waals surface area (Å²) in [6.07, 6.45) is 1.04. The second-order valence-corrected chi connectivity index (χ2v) is 5.50. The van der Waals surface area contributed by atoms with Gasteiger partial charge in [-0.2, -0.15) is 0 Å². The molecule has 1 N–H and O–H groups in total. The minimum absolute atomic E-state index is 0. The number of rotatable bonds is 4. The van der Waals surface area contributed by atoms with Gasteiger partial charge < -0.3 is 15.1 Å². The van der Waals surface area contributed by atoms with Crippen LogP contribution in [-0.2, 0) is 6.54 Å². The SMILES string of the molecule is CN(C)Cc1cccc(C(=O)N(C)C2CCNC2)c1.Cl.Cl. The van der Waals surface area contributed by atoms with E-state index in [1.54, 1.807) is 0 Å². The van der Waals surface area contributed by atoms with Crippen molar-refractivity contribution in [2.75, 3.05) is 34.2 Å². The lowest BCUT2D eigenvalue weighted by atomic mass is 10.1. The lowest BCUT2D eigenvalue weighted by Crippen LogP contribution is -2.38. The number of likely N-dealkylation sites (N-methyl/N-ethyl adjacent to an activating group) is 1. The molecule has 1 amide bonds. The number of benzene rings is 1. The van der Waals surface area contributed by atoms with Crippen LogP contribution in [-0.4, -0.2) is 56.0 Å². The molecule has 1 aromatic rings. The monoisotopic (exact) mass is 333 g/mol. The van der Waals surface area contributed by atoms with Crippen LogP contribution < -0.4 is 5.32 Å². The smallest absolute Gasteiger partial charge is 0.253 e. The van der Waals surface area contributed by atoms with Crippen molar-refractivity contribution in [2.45, 2.75) is 19.0 Å². The third-order valence-corrected chi connectivity index (χ3v) is 3.58. The Bertz CT molecular complexity index is 448. The molecule has 1 heterocycles. The van der Waals surface area contributed by atoms with Crippen LogP contribution in [0.25, 0.3) is 0 Å². The molecule has 0 aliphatic carbocycles. The quantitative estimate of drug-likeness (QED) is 0.915. The zero-order valence-corrected chi connectivity index (χ0v) is 14.5. The van der Waals surface area contributed by atoms with Crippen molar-refractivity contribution in [3.05, 3.63) is 35.4 Å². The van der Waals surface area contributed by atoms with E-state index in [0.29, 0.717) is 6.04 Å². The molecule has 0 aromatic heterocycles. The average molecular weight is 334 g/mol. The molecule has 4 nitrogen and oxygen atoms in total. The predicted octanol–water partition coefficient (Wildman–Crippen LogP) is 2.03. The van der Waals surface area contributed by atoms with Crippen molar-refractivity contribution in [2.24, 2.45) is 0 Å². The molecule has 1 unspecified atom stereocenters. The number of hydrogen-bond acceptors (Lipinski definition) is 3. The molecule has 0 spiro atoms. The van der Waals surface area contributed by atoms with Gasteiger partial charge in [-0.1, -0.05) is 12.1 Å². The molecular formula is C15H25Cl2N3O. The minimum Gasteiger partial charge on any atom is -0.337 e. The Balaban J connectivity index is 0.00000200. The second-order valence-electron chi connectivity index (χ2n) is 5.50. The van der Waals surface area contributed by atoms with E-state index in [-0.39, 0.29) is 30.7 Å². The highest BCUT2D eigenvalue weighted by Crippen LogP contribution is 2.13. The maximum absolute atomic E-state index is 12.5. The van der Waals surface area contributed by atoms with Crippen LogP contribution in [0.5, 0.6) is 0 Å². The van der Waals surface area contributed by atoms with E-state index in [9.17, 15) is 4.79 Å². The van der Waals surface area contributed by atoms with Crippen LogP contribution in [0.4, 0.5) is 0 Å². The number of halogens is 2. The number of nitrogens with one attached hydrogen (secondary N) is 1. The van der Waals surface area contributed by atoms with Crippen LogP contribution in [0.15, 0.2) is 24.3 Å². The molecule has 0 bridgehead atoms. The van der Waals surface area contributed by atoms with E-state index in [0.717, 1.165) is 31.6 Å². The fraction of sp³-hybridized carbons (Fsp3) is 0.533. The van der Waals surface area contributed by atoms with Gasteiger partial charge in [-0.05, 0) is 44.8 Å². The Morgan fingerprint density at radius 2 is 2.00 bits per heavy atom. The maximum Gasteiger partial charge on any atom is 0.253 e. The average Bonchev–Trinajstić information content (AvgIpc) is 2.90. The first-order chi connectivity index (χ1) is 9.08. The fourth-order valence-electron chi connectivity index (χ4n) is 2.51. The first kappa shape index (κ1) is 20.2. The molecule has 6 heteroatoms. The largest absolute Gasteiger partial charge is 0.337 e. The van der Waals surface area contributed by atoms with E-state index in [4.69, 9.17) is 0 Å². The van der Waals surface area contributed by atoms with Gasteiger partial charge in [-0.15, -0.1) is 24.8 Å². The van der Waals surface area contributed by atoms with E-state index in [1.807, 2.05) is 44.2 Å². The van der Waals surface area contributed by atoms with E-state index in [2.05, 4.69) is 16.3 Å². The molecule has 120 valence electrons. The second kappa shape index (κ2) is 9.26. The summed E-state index contributed by atoms with van der Waals surface area (Å²) < 4.78 is 0. The summed E-state index contributed by atoms with van der Waals surface area (Å²) in [6.45, 7) is 2.76. The molecule has 1 saturated heterocycles. The highest BCUT2D eigenvalue weighted by atomic mass is 35.5. The lowest BCUT2D eigenvalue weighted by Gasteiger charge is -2.24. The normalized spacial score (nSPS) is 17.0. The molecule has 0 saturated carbocycles. The molecule has 1 aliphatic rings. The van der Waals surface area contributed by atoms with Gasteiger partial charge in [0.15, 0.2) is 0 Å². The van der Waals surface area contributed by atoms with Crippen molar-refractivity contribution < 1.29 is 4.79 Å². The van der Waals surface area contributed by atoms with Gasteiger partial charge >= 0.3 is 0 Å². The van der Waals surface area contributed by atoms with Crippen LogP contribution in [0.3, 0.4) is 0 Å². The van der Waals surface area contributed by atoms with Gasteiger partial charge in [-0.25, -0.2) is 0 Å². The van der Waals surface area contributed by atoms with Crippen LogP contribution in [0.2, 0.25) is 0 Å². The van der Waals surface area contributed by atoms with Gasteiger partial charge in [0.05, 0.1) is 0 Å². The standard InChI is InChI=1S/C15H23N3O.2ClH/c1-17(2)11-12-5-4-6-13(9-12)15(19)18(3)14-7-8-16-10-14;;/h4-6,9,14,16H,7-8,10-11H2,1-3H3;2*1H. The van der Waals surface area contributed by atoms with E-state index in [1.165, 1.54) is 5.56 Å². The topological polar surface area (TPSA) is 35.6 Å².